The average molecular weight is 509 g/mol. The lowest BCUT2D eigenvalue weighted by atomic mass is 9.77. The van der Waals surface area contributed by atoms with Crippen molar-refractivity contribution >= 4 is 18.6 Å². The van der Waals surface area contributed by atoms with Crippen LogP contribution in [0.4, 0.5) is 0 Å². The highest BCUT2D eigenvalue weighted by molar-refractivity contribution is 5.72. The summed E-state index contributed by atoms with van der Waals surface area (Å²) < 4.78 is 0. The highest BCUT2D eigenvalue weighted by atomic mass is 15.3. The van der Waals surface area contributed by atoms with Crippen molar-refractivity contribution in [2.24, 2.45) is 63.4 Å². The predicted octanol–water partition coefficient (Wildman–Crippen LogP) is 4.60. The Kier molecular flexibility index (Phi) is 10.4. The molecule has 0 aromatic rings. The molecule has 0 fully saturated rings. The molecule has 3 aliphatic heterocycles. The van der Waals surface area contributed by atoms with Crippen LogP contribution in [0.3, 0.4) is 0 Å². The Balaban J connectivity index is 1.84. The monoisotopic (exact) mass is 508 g/mol. The summed E-state index contributed by atoms with van der Waals surface area (Å²) in [6.45, 7) is 4.34. The van der Waals surface area contributed by atoms with Gasteiger partial charge in [-0.2, -0.15) is 30.7 Å². The third-order valence-electron chi connectivity index (χ3n) is 7.64. The molecule has 0 saturated carbocycles. The summed E-state index contributed by atoms with van der Waals surface area (Å²) in [6, 6.07) is 0. The molecule has 0 aromatic heterocycles. The van der Waals surface area contributed by atoms with Crippen molar-refractivity contribution in [1.29, 1.82) is 0 Å². The van der Waals surface area contributed by atoms with Crippen LogP contribution in [0.15, 0.2) is 82.9 Å². The molecule has 0 aromatic carbocycles. The van der Waals surface area contributed by atoms with Crippen LogP contribution in [0.1, 0.15) is 46.0 Å². The van der Waals surface area contributed by atoms with Gasteiger partial charge in [-0.3, -0.25) is 30.9 Å². The Hall–Kier alpha value is -3.09. The van der Waals surface area contributed by atoms with Gasteiger partial charge in [-0.15, -0.1) is 0 Å². The number of hydrogen-bond donors (Lipinski definition) is 3. The number of rotatable bonds is 13. The number of nitrogens with one attached hydrogen (secondary N) is 3. The van der Waals surface area contributed by atoms with Gasteiger partial charge in [0.2, 0.25) is 0 Å². The van der Waals surface area contributed by atoms with E-state index < -0.39 is 17.0 Å². The summed E-state index contributed by atoms with van der Waals surface area (Å²) in [5.74, 6) is 0.396. The lowest BCUT2D eigenvalue weighted by Crippen LogP contribution is -2.52. The molecule has 0 aliphatic carbocycles. The summed E-state index contributed by atoms with van der Waals surface area (Å²) in [6.07, 6.45) is 19.7. The highest BCUT2D eigenvalue weighted by Gasteiger charge is 2.42. The van der Waals surface area contributed by atoms with E-state index in [0.29, 0.717) is 0 Å². The minimum atomic E-state index is -0.734. The summed E-state index contributed by atoms with van der Waals surface area (Å²) in [5.41, 5.74) is -2.07. The SMILES string of the molecule is CCC(CCC(CCC(C)C1(NC)C=NC=CN=N1)C1(NC)C=NC=CN=N1)C1(NC)C=NC=CN=N1. The molecule has 0 saturated heterocycles. The Labute approximate surface area is 219 Å². The van der Waals surface area contributed by atoms with Gasteiger partial charge in [0, 0.05) is 55.0 Å². The van der Waals surface area contributed by atoms with Crippen molar-refractivity contribution < 1.29 is 0 Å². The summed E-state index contributed by atoms with van der Waals surface area (Å²) in [4.78, 5) is 13.2. The van der Waals surface area contributed by atoms with Crippen molar-refractivity contribution in [3.63, 3.8) is 0 Å². The van der Waals surface area contributed by atoms with E-state index in [1.165, 1.54) is 0 Å². The second-order valence-corrected chi connectivity index (χ2v) is 9.46. The lowest BCUT2D eigenvalue weighted by molar-refractivity contribution is 0.202. The van der Waals surface area contributed by atoms with Crippen molar-refractivity contribution in [2.45, 2.75) is 62.9 Å². The van der Waals surface area contributed by atoms with E-state index in [0.717, 1.165) is 32.1 Å². The molecule has 0 bridgehead atoms. The van der Waals surface area contributed by atoms with Gasteiger partial charge in [-0.25, -0.2) is 0 Å². The van der Waals surface area contributed by atoms with Gasteiger partial charge in [-0.1, -0.05) is 13.8 Å². The molecule has 200 valence electrons. The molecule has 0 radical (unpaired) electrons. The topological polar surface area (TPSA) is 147 Å². The molecular formula is C25H40N12. The Morgan fingerprint density at radius 2 is 0.973 bits per heavy atom. The van der Waals surface area contributed by atoms with Crippen molar-refractivity contribution in [2.75, 3.05) is 21.1 Å². The van der Waals surface area contributed by atoms with Gasteiger partial charge in [0.05, 0.1) is 18.6 Å². The van der Waals surface area contributed by atoms with E-state index in [1.807, 2.05) is 39.8 Å². The minimum Gasteiger partial charge on any atom is -0.290 e. The maximum absolute atomic E-state index is 4.68. The van der Waals surface area contributed by atoms with Gasteiger partial charge < -0.3 is 0 Å². The maximum Gasteiger partial charge on any atom is 0.170 e. The highest BCUT2D eigenvalue weighted by Crippen LogP contribution is 2.36. The Bertz CT molecular complexity index is 955. The van der Waals surface area contributed by atoms with E-state index in [9.17, 15) is 0 Å². The van der Waals surface area contributed by atoms with Gasteiger partial charge in [0.15, 0.2) is 17.0 Å². The molecule has 12 heteroatoms. The zero-order valence-corrected chi connectivity index (χ0v) is 22.5. The Morgan fingerprint density at radius 3 is 1.46 bits per heavy atom. The van der Waals surface area contributed by atoms with Crippen molar-refractivity contribution in [1.82, 2.24) is 16.0 Å². The number of aliphatic imine (C=N–C) groups is 3. The number of nitrogens with zero attached hydrogens (tertiary/aromatic N) is 9. The largest absolute Gasteiger partial charge is 0.290 e. The molecule has 6 atom stereocenters. The Morgan fingerprint density at radius 1 is 0.568 bits per heavy atom. The second kappa shape index (κ2) is 13.5. The zero-order chi connectivity index (χ0) is 26.6. The molecular weight excluding hydrogens is 468 g/mol. The molecule has 3 aliphatic rings. The van der Waals surface area contributed by atoms with E-state index in [4.69, 9.17) is 0 Å². The summed E-state index contributed by atoms with van der Waals surface area (Å²) >= 11 is 0. The molecule has 3 rings (SSSR count). The minimum absolute atomic E-state index is 0.0970. The fourth-order valence-corrected chi connectivity index (χ4v) is 5.13. The number of hydrogen-bond acceptors (Lipinski definition) is 12. The molecule has 0 spiro atoms. The molecule has 3 N–H and O–H groups in total. The fraction of sp³-hybridized carbons (Fsp3) is 0.640. The summed E-state index contributed by atoms with van der Waals surface area (Å²) in [7, 11) is 5.70. The predicted molar refractivity (Wildman–Crippen MR) is 148 cm³/mol. The normalized spacial score (nSPS) is 30.7. The molecule has 37 heavy (non-hydrogen) atoms. The first-order valence-corrected chi connectivity index (χ1v) is 12.9. The third-order valence-corrected chi connectivity index (χ3v) is 7.64. The van der Waals surface area contributed by atoms with Crippen LogP contribution >= 0.6 is 0 Å². The molecule has 12 nitrogen and oxygen atoms in total. The van der Waals surface area contributed by atoms with E-state index >= 15 is 0 Å². The standard InChI is InChI=1S/C25H40N12/c1-6-21(24(27-4)18-30-12-15-33-36-24)9-10-22(25(28-5)19-31-13-16-34-37-25)8-7-20(2)23(26-3)17-29-11-14-32-35-23/h11-22,26-28H,6-10H2,1-5H3. The van der Waals surface area contributed by atoms with Crippen LogP contribution in [0.5, 0.6) is 0 Å². The first-order chi connectivity index (χ1) is 18.0. The van der Waals surface area contributed by atoms with Crippen LogP contribution in [0.25, 0.3) is 0 Å². The van der Waals surface area contributed by atoms with Crippen molar-refractivity contribution in [3.8, 4) is 0 Å². The second-order valence-electron chi connectivity index (χ2n) is 9.46. The first kappa shape index (κ1) is 28.5. The van der Waals surface area contributed by atoms with E-state index in [-0.39, 0.29) is 17.8 Å². The van der Waals surface area contributed by atoms with Gasteiger partial charge >= 0.3 is 0 Å². The molecule has 0 amide bonds. The third kappa shape index (κ3) is 6.62. The average Bonchev–Trinajstić information content (AvgIpc) is 3.43. The smallest absolute Gasteiger partial charge is 0.170 e. The van der Waals surface area contributed by atoms with Crippen LogP contribution in [0, 0.1) is 17.8 Å². The van der Waals surface area contributed by atoms with Gasteiger partial charge in [0.25, 0.3) is 0 Å². The molecule has 6 unspecified atom stereocenters. The zero-order valence-electron chi connectivity index (χ0n) is 22.5. The van der Waals surface area contributed by atoms with Crippen molar-refractivity contribution in [3.05, 3.63) is 37.2 Å². The molecule has 3 heterocycles. The lowest BCUT2D eigenvalue weighted by Gasteiger charge is -2.38. The van der Waals surface area contributed by atoms with E-state index in [1.54, 1.807) is 37.2 Å². The quantitative estimate of drug-likeness (QED) is 0.334. The van der Waals surface area contributed by atoms with Gasteiger partial charge in [0.1, 0.15) is 0 Å². The van der Waals surface area contributed by atoms with Crippen LogP contribution in [0.2, 0.25) is 0 Å². The maximum atomic E-state index is 4.68. The van der Waals surface area contributed by atoms with Crippen LogP contribution in [-0.4, -0.2) is 56.8 Å². The first-order valence-electron chi connectivity index (χ1n) is 12.9. The summed E-state index contributed by atoms with van der Waals surface area (Å²) in [5, 5.41) is 36.5. The van der Waals surface area contributed by atoms with Crippen LogP contribution in [-0.2, 0) is 0 Å². The number of azo groups is 3. The van der Waals surface area contributed by atoms with E-state index in [2.05, 4.69) is 75.5 Å². The fourth-order valence-electron chi connectivity index (χ4n) is 5.13. The van der Waals surface area contributed by atoms with Gasteiger partial charge in [-0.05, 0) is 53.2 Å². The van der Waals surface area contributed by atoms with Crippen LogP contribution < -0.4 is 16.0 Å².